The van der Waals surface area contributed by atoms with E-state index in [-0.39, 0.29) is 5.82 Å². The van der Waals surface area contributed by atoms with Gasteiger partial charge in [-0.05, 0) is 22.9 Å². The fraction of sp³-hybridized carbons (Fsp3) is 0. The summed E-state index contributed by atoms with van der Waals surface area (Å²) in [5.74, 6) is -0.287. The van der Waals surface area contributed by atoms with E-state index in [1.54, 1.807) is 12.1 Å². The molecule has 1 aliphatic rings. The first kappa shape index (κ1) is 6.16. The SMILES string of the molecule is [2H]N1c2cccc(F)c2S[SH]1N. The monoisotopic (exact) mass is 191 g/mol. The third-order valence-electron chi connectivity index (χ3n) is 1.34. The third kappa shape index (κ3) is 1.19. The molecular formula is C6H7FN2S2. The highest BCUT2D eigenvalue weighted by Crippen LogP contribution is 2.51. The van der Waals surface area contributed by atoms with Crippen LogP contribution in [0.5, 0.6) is 0 Å². The summed E-state index contributed by atoms with van der Waals surface area (Å²) < 4.78 is 21.7. The van der Waals surface area contributed by atoms with Gasteiger partial charge in [0.15, 0.2) is 1.41 Å². The molecule has 0 bridgehead atoms. The topological polar surface area (TPSA) is 38.0 Å². The van der Waals surface area contributed by atoms with E-state index in [0.717, 1.165) is 0 Å². The Morgan fingerprint density at radius 2 is 2.55 bits per heavy atom. The number of benzene rings is 1. The van der Waals surface area contributed by atoms with Gasteiger partial charge in [-0.25, -0.2) is 4.39 Å². The first-order valence-corrected chi connectivity index (χ1v) is 5.79. The van der Waals surface area contributed by atoms with Gasteiger partial charge >= 0.3 is 0 Å². The van der Waals surface area contributed by atoms with Gasteiger partial charge in [-0.1, -0.05) is 16.4 Å². The molecule has 0 aromatic heterocycles. The molecule has 2 nitrogen and oxygen atoms in total. The second-order valence-corrected chi connectivity index (χ2v) is 5.15. The highest BCUT2D eigenvalue weighted by Gasteiger charge is 2.18. The maximum absolute atomic E-state index is 13.1. The first-order chi connectivity index (χ1) is 5.70. The molecule has 0 amide bonds. The minimum Gasteiger partial charge on any atom is -0.329 e. The molecule has 60 valence electrons. The minimum absolute atomic E-state index is 0.287. The molecule has 1 heterocycles. The lowest BCUT2D eigenvalue weighted by molar-refractivity contribution is 0.604. The van der Waals surface area contributed by atoms with E-state index in [2.05, 4.69) is 0 Å². The zero-order valence-corrected chi connectivity index (χ0v) is 7.20. The Bertz CT molecular complexity index is 322. The van der Waals surface area contributed by atoms with Crippen molar-refractivity contribution in [2.75, 3.05) is 4.72 Å². The van der Waals surface area contributed by atoms with Crippen LogP contribution < -0.4 is 9.85 Å². The van der Waals surface area contributed by atoms with Gasteiger partial charge in [-0.3, -0.25) is 5.14 Å². The molecule has 1 atom stereocenters. The molecule has 0 saturated heterocycles. The number of halogens is 1. The van der Waals surface area contributed by atoms with E-state index in [4.69, 9.17) is 6.55 Å². The van der Waals surface area contributed by atoms with Crippen LogP contribution in [0.3, 0.4) is 0 Å². The van der Waals surface area contributed by atoms with Gasteiger partial charge in [0.25, 0.3) is 0 Å². The molecule has 1 aromatic carbocycles. The van der Waals surface area contributed by atoms with Gasteiger partial charge in [0.05, 0.1) is 10.6 Å². The van der Waals surface area contributed by atoms with Gasteiger partial charge in [0, 0.05) is 0 Å². The summed E-state index contributed by atoms with van der Waals surface area (Å²) in [6, 6.07) is 4.67. The Labute approximate surface area is 71.8 Å². The van der Waals surface area contributed by atoms with Crippen molar-refractivity contribution in [3.63, 3.8) is 0 Å². The largest absolute Gasteiger partial charge is 0.329 e. The van der Waals surface area contributed by atoms with Crippen molar-refractivity contribution in [2.45, 2.75) is 4.90 Å². The Kier molecular flexibility index (Phi) is 1.45. The Hall–Kier alpha value is -0.390. The quantitative estimate of drug-likeness (QED) is 0.434. The third-order valence-corrected chi connectivity index (χ3v) is 3.88. The Morgan fingerprint density at radius 1 is 1.73 bits per heavy atom. The first-order valence-electron chi connectivity index (χ1n) is 3.45. The summed E-state index contributed by atoms with van der Waals surface area (Å²) in [7, 11) is 0.139. The van der Waals surface area contributed by atoms with E-state index in [1.165, 1.54) is 21.6 Å². The van der Waals surface area contributed by atoms with Crippen LogP contribution in [0.4, 0.5) is 10.1 Å². The smallest absolute Gasteiger partial charge is 0.175 e. The predicted octanol–water partition coefficient (Wildman–Crippen LogP) is 2.05. The molecular weight excluding hydrogens is 183 g/mol. The highest BCUT2D eigenvalue weighted by molar-refractivity contribution is 8.85. The number of hydrogen-bond acceptors (Lipinski definition) is 3. The normalized spacial score (nSPS) is 26.5. The van der Waals surface area contributed by atoms with Crippen molar-refractivity contribution in [2.24, 2.45) is 5.14 Å². The van der Waals surface area contributed by atoms with Crippen molar-refractivity contribution in [1.82, 2.24) is 0 Å². The van der Waals surface area contributed by atoms with E-state index in [1.807, 2.05) is 0 Å². The lowest BCUT2D eigenvalue weighted by atomic mass is 10.3. The van der Waals surface area contributed by atoms with Crippen LogP contribution in [0.25, 0.3) is 0 Å². The molecule has 0 spiro atoms. The number of hydrogen-bond donors (Lipinski definition) is 3. The van der Waals surface area contributed by atoms with Crippen molar-refractivity contribution in [3.8, 4) is 0 Å². The molecule has 0 aliphatic carbocycles. The molecule has 0 fully saturated rings. The van der Waals surface area contributed by atoms with Crippen LogP contribution in [0.2, 0.25) is 1.41 Å². The van der Waals surface area contributed by atoms with Crippen LogP contribution >= 0.6 is 21.1 Å². The van der Waals surface area contributed by atoms with Crippen molar-refractivity contribution < 1.29 is 5.80 Å². The summed E-state index contributed by atoms with van der Waals surface area (Å²) in [5, 5.41) is 5.60. The molecule has 11 heavy (non-hydrogen) atoms. The van der Waals surface area contributed by atoms with Crippen LogP contribution in [0.1, 0.15) is 0 Å². The summed E-state index contributed by atoms with van der Waals surface area (Å²) in [6.07, 6.45) is 0. The number of rotatable bonds is 0. The minimum atomic E-state index is -1.09. The molecule has 1 aliphatic heterocycles. The molecule has 3 N–H and O–H groups in total. The summed E-state index contributed by atoms with van der Waals surface area (Å²) in [4.78, 5) is 0.501. The molecule has 2 rings (SSSR count). The van der Waals surface area contributed by atoms with Crippen LogP contribution in [0, 0.1) is 5.82 Å². The zero-order valence-electron chi connectivity index (χ0n) is 6.49. The fourth-order valence-corrected chi connectivity index (χ4v) is 3.41. The summed E-state index contributed by atoms with van der Waals surface area (Å²) in [6.45, 7) is 0. The van der Waals surface area contributed by atoms with Crippen molar-refractivity contribution >= 4 is 26.8 Å². The number of nitrogens with one attached hydrogen (secondary N) is 1. The average Bonchev–Trinajstić information content (AvgIpc) is 2.32. The lowest BCUT2D eigenvalue weighted by Gasteiger charge is -2.04. The van der Waals surface area contributed by atoms with Crippen LogP contribution in [-0.2, 0) is 0 Å². The second-order valence-electron chi connectivity index (χ2n) is 2.08. The van der Waals surface area contributed by atoms with E-state index >= 15 is 0 Å². The van der Waals surface area contributed by atoms with Gasteiger partial charge < -0.3 is 4.72 Å². The average molecular weight is 191 g/mol. The van der Waals surface area contributed by atoms with Crippen molar-refractivity contribution in [3.05, 3.63) is 24.0 Å². The summed E-state index contributed by atoms with van der Waals surface area (Å²) in [5.41, 5.74) is 0.577. The van der Waals surface area contributed by atoms with Gasteiger partial charge in [0.1, 0.15) is 5.82 Å². The van der Waals surface area contributed by atoms with Crippen LogP contribution in [-0.4, -0.2) is 0 Å². The zero-order chi connectivity index (χ0) is 8.72. The maximum Gasteiger partial charge on any atom is 0.175 e. The molecule has 5 heteroatoms. The van der Waals surface area contributed by atoms with Gasteiger partial charge in [-0.15, -0.1) is 0 Å². The van der Waals surface area contributed by atoms with Crippen LogP contribution in [0.15, 0.2) is 23.1 Å². The number of thiol groups is 1. The predicted molar refractivity (Wildman–Crippen MR) is 49.1 cm³/mol. The van der Waals surface area contributed by atoms with E-state index in [0.29, 0.717) is 10.6 Å². The standard InChI is InChI=1S/C6H7FN2S2/c7-4-2-1-3-5-6(4)10-11(8)9-5/h1-3,9,11H,8H2/i/hD. The van der Waals surface area contributed by atoms with E-state index < -0.39 is 10.3 Å². The van der Waals surface area contributed by atoms with Gasteiger partial charge in [-0.2, -0.15) is 0 Å². The Morgan fingerprint density at radius 3 is 3.27 bits per heavy atom. The fourth-order valence-electron chi connectivity index (χ4n) is 0.887. The second kappa shape index (κ2) is 2.58. The Balaban J connectivity index is 2.53. The van der Waals surface area contributed by atoms with Crippen molar-refractivity contribution in [1.29, 1.82) is 0 Å². The van der Waals surface area contributed by atoms with E-state index in [9.17, 15) is 4.39 Å². The lowest BCUT2D eigenvalue weighted by Crippen LogP contribution is -1.93. The van der Waals surface area contributed by atoms with Gasteiger partial charge in [0.2, 0.25) is 0 Å². The summed E-state index contributed by atoms with van der Waals surface area (Å²) >= 11 is 0. The number of anilines is 1. The highest BCUT2D eigenvalue weighted by atomic mass is 33.1. The molecule has 0 saturated carbocycles. The number of fused-ring (bicyclic) bond motifs is 1. The molecule has 0 radical (unpaired) electrons. The maximum atomic E-state index is 13.1. The molecule has 1 unspecified atom stereocenters. The number of nitrogens with two attached hydrogens (primary N) is 1. The molecule has 1 aromatic rings.